The highest BCUT2D eigenvalue weighted by Crippen LogP contribution is 2.31. The third kappa shape index (κ3) is 2.85. The molecule has 1 aliphatic rings. The summed E-state index contributed by atoms with van der Waals surface area (Å²) in [4.78, 5) is -0.524. The summed E-state index contributed by atoms with van der Waals surface area (Å²) in [5.74, 6) is -0.918. The topological polar surface area (TPSA) is 37.4 Å². The Morgan fingerprint density at radius 3 is 2.30 bits per heavy atom. The first-order chi connectivity index (χ1) is 9.23. The summed E-state index contributed by atoms with van der Waals surface area (Å²) in [5.41, 5.74) is -0.752. The van der Waals surface area contributed by atoms with Gasteiger partial charge in [-0.15, -0.1) is 0 Å². The van der Waals surface area contributed by atoms with Crippen LogP contribution in [0.2, 0.25) is 0 Å². The highest BCUT2D eigenvalue weighted by Gasteiger charge is 2.37. The maximum Gasteiger partial charge on any atom is 0.412 e. The van der Waals surface area contributed by atoms with E-state index in [1.54, 1.807) is 0 Å². The predicted octanol–water partition coefficient (Wildman–Crippen LogP) is 2.71. The van der Waals surface area contributed by atoms with E-state index in [4.69, 9.17) is 0 Å². The lowest BCUT2D eigenvalue weighted by atomic mass is 10.1. The molecule has 0 aromatic heterocycles. The number of hydrogen-bond acceptors (Lipinski definition) is 2. The summed E-state index contributed by atoms with van der Waals surface area (Å²) in [6.07, 6.45) is -4.06. The fourth-order valence-electron chi connectivity index (χ4n) is 1.92. The SMILES string of the molecule is O=S(=O)(c1ccccc1F)N1CC=C(C(F)(F)F)CC1. The van der Waals surface area contributed by atoms with Crippen LogP contribution in [0.5, 0.6) is 0 Å². The van der Waals surface area contributed by atoms with Gasteiger partial charge < -0.3 is 0 Å². The second-order valence-corrected chi connectivity index (χ2v) is 6.18. The highest BCUT2D eigenvalue weighted by atomic mass is 32.2. The zero-order valence-electron chi connectivity index (χ0n) is 10.2. The van der Waals surface area contributed by atoms with Crippen molar-refractivity contribution in [1.29, 1.82) is 0 Å². The Kier molecular flexibility index (Phi) is 3.88. The molecule has 0 N–H and O–H groups in total. The molecule has 0 bridgehead atoms. The molecule has 0 saturated heterocycles. The second-order valence-electron chi connectivity index (χ2n) is 4.27. The number of sulfonamides is 1. The maximum atomic E-state index is 13.5. The lowest BCUT2D eigenvalue weighted by molar-refractivity contribution is -0.0953. The van der Waals surface area contributed by atoms with Gasteiger partial charge in [-0.1, -0.05) is 18.2 Å². The van der Waals surface area contributed by atoms with Crippen LogP contribution in [0.3, 0.4) is 0 Å². The fraction of sp³-hybridized carbons (Fsp3) is 0.333. The van der Waals surface area contributed by atoms with Crippen molar-refractivity contribution in [3.63, 3.8) is 0 Å². The van der Waals surface area contributed by atoms with Gasteiger partial charge in [-0.3, -0.25) is 0 Å². The quantitative estimate of drug-likeness (QED) is 0.622. The summed E-state index contributed by atoms with van der Waals surface area (Å²) in [6, 6.07) is 4.78. The molecule has 0 saturated carbocycles. The van der Waals surface area contributed by atoms with Crippen LogP contribution in [0.4, 0.5) is 17.6 Å². The minimum absolute atomic E-state index is 0.317. The van der Waals surface area contributed by atoms with Crippen molar-refractivity contribution in [2.45, 2.75) is 17.5 Å². The average molecular weight is 309 g/mol. The molecule has 0 atom stereocenters. The predicted molar refractivity (Wildman–Crippen MR) is 63.9 cm³/mol. The Morgan fingerprint density at radius 1 is 1.15 bits per heavy atom. The highest BCUT2D eigenvalue weighted by molar-refractivity contribution is 7.89. The lowest BCUT2D eigenvalue weighted by Crippen LogP contribution is -2.37. The van der Waals surface area contributed by atoms with Gasteiger partial charge in [-0.25, -0.2) is 12.8 Å². The molecule has 1 aliphatic heterocycles. The molecule has 0 fully saturated rings. The van der Waals surface area contributed by atoms with Crippen molar-refractivity contribution in [2.24, 2.45) is 0 Å². The minimum atomic E-state index is -4.45. The van der Waals surface area contributed by atoms with Gasteiger partial charge in [-0.2, -0.15) is 17.5 Å². The molecular formula is C12H11F4NO2S. The largest absolute Gasteiger partial charge is 0.412 e. The summed E-state index contributed by atoms with van der Waals surface area (Å²) in [7, 11) is -4.12. The van der Waals surface area contributed by atoms with Crippen molar-refractivity contribution in [1.82, 2.24) is 4.31 Å². The van der Waals surface area contributed by atoms with Gasteiger partial charge in [0.1, 0.15) is 10.7 Å². The van der Waals surface area contributed by atoms with Crippen LogP contribution < -0.4 is 0 Å². The van der Waals surface area contributed by atoms with E-state index < -0.39 is 45.5 Å². The monoisotopic (exact) mass is 309 g/mol. The minimum Gasteiger partial charge on any atom is -0.207 e. The van der Waals surface area contributed by atoms with E-state index in [9.17, 15) is 26.0 Å². The molecule has 0 radical (unpaired) electrons. The van der Waals surface area contributed by atoms with Crippen LogP contribution in [-0.4, -0.2) is 32.0 Å². The molecule has 3 nitrogen and oxygen atoms in total. The first kappa shape index (κ1) is 15.0. The van der Waals surface area contributed by atoms with E-state index in [0.717, 1.165) is 22.5 Å². The summed E-state index contributed by atoms with van der Waals surface area (Å²) < 4.78 is 76.0. The van der Waals surface area contributed by atoms with Crippen LogP contribution in [0.15, 0.2) is 40.8 Å². The van der Waals surface area contributed by atoms with Gasteiger partial charge in [-0.05, 0) is 18.6 Å². The normalized spacial score (nSPS) is 17.9. The van der Waals surface area contributed by atoms with E-state index in [0.29, 0.717) is 0 Å². The lowest BCUT2D eigenvalue weighted by Gasteiger charge is -2.26. The van der Waals surface area contributed by atoms with Crippen molar-refractivity contribution in [3.05, 3.63) is 41.7 Å². The number of nitrogens with zero attached hydrogens (tertiary/aromatic N) is 1. The molecule has 0 amide bonds. The van der Waals surface area contributed by atoms with Crippen molar-refractivity contribution < 1.29 is 26.0 Å². The Hall–Kier alpha value is -1.41. The van der Waals surface area contributed by atoms with Gasteiger partial charge in [0.25, 0.3) is 0 Å². The van der Waals surface area contributed by atoms with Crippen molar-refractivity contribution in [3.8, 4) is 0 Å². The fourth-order valence-corrected chi connectivity index (χ4v) is 3.36. The molecule has 2 rings (SSSR count). The molecule has 8 heteroatoms. The average Bonchev–Trinajstić information content (AvgIpc) is 2.38. The second kappa shape index (κ2) is 5.17. The van der Waals surface area contributed by atoms with Gasteiger partial charge in [0.15, 0.2) is 0 Å². The number of rotatable bonds is 2. The van der Waals surface area contributed by atoms with E-state index >= 15 is 0 Å². The third-order valence-corrected chi connectivity index (χ3v) is 4.89. The van der Waals surface area contributed by atoms with E-state index in [2.05, 4.69) is 0 Å². The Bertz CT molecular complexity index is 637. The van der Waals surface area contributed by atoms with Crippen molar-refractivity contribution in [2.75, 3.05) is 13.1 Å². The molecule has 110 valence electrons. The summed E-state index contributed by atoms with van der Waals surface area (Å²) in [6.45, 7) is -0.729. The molecule has 1 aromatic carbocycles. The van der Waals surface area contributed by atoms with Crippen LogP contribution in [-0.2, 0) is 10.0 Å². The third-order valence-electron chi connectivity index (χ3n) is 2.99. The zero-order chi connectivity index (χ0) is 15.0. The van der Waals surface area contributed by atoms with E-state index in [-0.39, 0.29) is 6.54 Å². The smallest absolute Gasteiger partial charge is 0.207 e. The molecule has 20 heavy (non-hydrogen) atoms. The first-order valence-electron chi connectivity index (χ1n) is 5.74. The molecule has 1 heterocycles. The summed E-state index contributed by atoms with van der Waals surface area (Å²) >= 11 is 0. The molecule has 0 unspecified atom stereocenters. The van der Waals surface area contributed by atoms with Crippen LogP contribution >= 0.6 is 0 Å². The van der Waals surface area contributed by atoms with E-state index in [1.807, 2.05) is 0 Å². The van der Waals surface area contributed by atoms with E-state index in [1.165, 1.54) is 12.1 Å². The zero-order valence-corrected chi connectivity index (χ0v) is 11.0. The van der Waals surface area contributed by atoms with Crippen LogP contribution in [0.1, 0.15) is 6.42 Å². The standard InChI is InChI=1S/C12H11F4NO2S/c13-10-3-1-2-4-11(10)20(18,19)17-7-5-9(6-8-17)12(14,15)16/h1-5H,6-8H2. The first-order valence-corrected chi connectivity index (χ1v) is 7.18. The van der Waals surface area contributed by atoms with Gasteiger partial charge in [0, 0.05) is 18.7 Å². The number of hydrogen-bond donors (Lipinski definition) is 0. The van der Waals surface area contributed by atoms with Gasteiger partial charge in [0.05, 0.1) is 0 Å². The van der Waals surface area contributed by atoms with Crippen LogP contribution in [0.25, 0.3) is 0 Å². The van der Waals surface area contributed by atoms with Gasteiger partial charge >= 0.3 is 6.18 Å². The number of benzene rings is 1. The Balaban J connectivity index is 2.27. The van der Waals surface area contributed by atoms with Crippen LogP contribution in [0, 0.1) is 5.82 Å². The molecule has 1 aromatic rings. The number of halogens is 4. The molecular weight excluding hydrogens is 298 g/mol. The number of alkyl halides is 3. The maximum absolute atomic E-state index is 13.5. The summed E-state index contributed by atoms with van der Waals surface area (Å²) in [5, 5.41) is 0. The molecule has 0 spiro atoms. The Labute approximate surface area is 113 Å². The Morgan fingerprint density at radius 2 is 1.80 bits per heavy atom. The molecule has 0 aliphatic carbocycles. The van der Waals surface area contributed by atoms with Crippen molar-refractivity contribution >= 4 is 10.0 Å². The van der Waals surface area contributed by atoms with Gasteiger partial charge in [0.2, 0.25) is 10.0 Å².